The van der Waals surface area contributed by atoms with E-state index in [0.29, 0.717) is 12.5 Å². The van der Waals surface area contributed by atoms with Crippen LogP contribution in [0.2, 0.25) is 0 Å². The third kappa shape index (κ3) is 3.02. The number of hydrogen-bond acceptors (Lipinski definition) is 2. The fourth-order valence-electron chi connectivity index (χ4n) is 1.97. The summed E-state index contributed by atoms with van der Waals surface area (Å²) in [5.41, 5.74) is 1.13. The zero-order valence-electron chi connectivity index (χ0n) is 10.5. The Kier molecular flexibility index (Phi) is 4.03. The van der Waals surface area contributed by atoms with Crippen LogP contribution in [0.15, 0.2) is 63.7 Å². The molecule has 0 fully saturated rings. The van der Waals surface area contributed by atoms with E-state index < -0.39 is 0 Å². The second kappa shape index (κ2) is 5.94. The van der Waals surface area contributed by atoms with Crippen LogP contribution in [0, 0.1) is 0 Å². The van der Waals surface area contributed by atoms with Gasteiger partial charge in [0.05, 0.1) is 0 Å². The molecule has 4 heteroatoms. The van der Waals surface area contributed by atoms with Crippen molar-refractivity contribution in [3.63, 3.8) is 0 Å². The van der Waals surface area contributed by atoms with Crippen LogP contribution in [-0.2, 0) is 6.61 Å². The monoisotopic (exact) mass is 391 g/mol. The highest BCUT2D eigenvalue weighted by atomic mass is 79.9. The van der Waals surface area contributed by atoms with Gasteiger partial charge in [0.1, 0.15) is 6.61 Å². The van der Waals surface area contributed by atoms with Crippen LogP contribution >= 0.6 is 31.9 Å². The van der Waals surface area contributed by atoms with Crippen LogP contribution in [0.25, 0.3) is 10.8 Å². The average Bonchev–Trinajstić information content (AvgIpc) is 2.46. The number of pyridine rings is 1. The predicted octanol–water partition coefficient (Wildman–Crippen LogP) is 5.34. The molecule has 0 bridgehead atoms. The quantitative estimate of drug-likeness (QED) is 0.600. The van der Waals surface area contributed by atoms with Gasteiger partial charge in [0.2, 0.25) is 5.88 Å². The molecule has 20 heavy (non-hydrogen) atoms. The van der Waals surface area contributed by atoms with E-state index in [1.54, 1.807) is 0 Å². The lowest BCUT2D eigenvalue weighted by atomic mass is 10.2. The Balaban J connectivity index is 1.86. The fourth-order valence-corrected chi connectivity index (χ4v) is 3.34. The van der Waals surface area contributed by atoms with Crippen molar-refractivity contribution >= 4 is 42.6 Å². The summed E-state index contributed by atoms with van der Waals surface area (Å²) in [4.78, 5) is 4.34. The number of rotatable bonds is 3. The van der Waals surface area contributed by atoms with E-state index in [1.165, 1.54) is 0 Å². The molecule has 100 valence electrons. The number of halogens is 2. The highest BCUT2D eigenvalue weighted by Crippen LogP contribution is 2.30. The molecule has 1 aromatic heterocycles. The molecule has 0 aliphatic carbocycles. The van der Waals surface area contributed by atoms with Crippen molar-refractivity contribution in [1.29, 1.82) is 0 Å². The van der Waals surface area contributed by atoms with Crippen molar-refractivity contribution in [1.82, 2.24) is 4.98 Å². The number of benzene rings is 2. The third-order valence-corrected chi connectivity index (χ3v) is 4.07. The highest BCUT2D eigenvalue weighted by Gasteiger charge is 2.04. The van der Waals surface area contributed by atoms with Gasteiger partial charge in [0, 0.05) is 32.0 Å². The van der Waals surface area contributed by atoms with Gasteiger partial charge in [-0.1, -0.05) is 62.2 Å². The van der Waals surface area contributed by atoms with Gasteiger partial charge in [-0.05, 0) is 17.7 Å². The van der Waals surface area contributed by atoms with Gasteiger partial charge in [0.15, 0.2) is 0 Å². The topological polar surface area (TPSA) is 22.1 Å². The van der Waals surface area contributed by atoms with Crippen LogP contribution in [0.1, 0.15) is 5.56 Å². The minimum Gasteiger partial charge on any atom is -0.473 e. The van der Waals surface area contributed by atoms with Crippen molar-refractivity contribution in [2.24, 2.45) is 0 Å². The summed E-state index contributed by atoms with van der Waals surface area (Å²) in [7, 11) is 0. The Morgan fingerprint density at radius 2 is 1.80 bits per heavy atom. The van der Waals surface area contributed by atoms with E-state index in [0.717, 1.165) is 25.3 Å². The van der Waals surface area contributed by atoms with Crippen molar-refractivity contribution in [3.05, 3.63) is 69.2 Å². The SMILES string of the molecule is Brc1cc(Br)c2cc(OCc3ccccc3)ncc2c1. The first-order valence-corrected chi connectivity index (χ1v) is 7.72. The molecule has 0 saturated carbocycles. The summed E-state index contributed by atoms with van der Waals surface area (Å²) >= 11 is 7.04. The molecule has 0 spiro atoms. The summed E-state index contributed by atoms with van der Waals surface area (Å²) in [6, 6.07) is 16.1. The number of hydrogen-bond donors (Lipinski definition) is 0. The molecule has 0 atom stereocenters. The van der Waals surface area contributed by atoms with Gasteiger partial charge >= 0.3 is 0 Å². The Bertz CT molecular complexity index is 744. The van der Waals surface area contributed by atoms with E-state index in [-0.39, 0.29) is 0 Å². The smallest absolute Gasteiger partial charge is 0.214 e. The van der Waals surface area contributed by atoms with Crippen LogP contribution < -0.4 is 4.74 Å². The normalized spacial score (nSPS) is 10.7. The zero-order valence-corrected chi connectivity index (χ0v) is 13.7. The first-order valence-electron chi connectivity index (χ1n) is 6.14. The van der Waals surface area contributed by atoms with Crippen molar-refractivity contribution in [2.45, 2.75) is 6.61 Å². The molecule has 0 N–H and O–H groups in total. The van der Waals surface area contributed by atoms with Gasteiger partial charge in [0.25, 0.3) is 0 Å². The van der Waals surface area contributed by atoms with Crippen molar-refractivity contribution in [2.75, 3.05) is 0 Å². The van der Waals surface area contributed by atoms with Gasteiger partial charge in [-0.3, -0.25) is 0 Å². The Hall–Kier alpha value is -1.39. The molecule has 0 unspecified atom stereocenters. The van der Waals surface area contributed by atoms with E-state index in [4.69, 9.17) is 4.74 Å². The first-order chi connectivity index (χ1) is 9.72. The molecule has 3 rings (SSSR count). The maximum atomic E-state index is 5.74. The summed E-state index contributed by atoms with van der Waals surface area (Å²) in [5, 5.41) is 2.16. The van der Waals surface area contributed by atoms with Gasteiger partial charge in [-0.15, -0.1) is 0 Å². The molecule has 0 saturated heterocycles. The molecule has 0 amide bonds. The number of ether oxygens (including phenoxy) is 1. The lowest BCUT2D eigenvalue weighted by Crippen LogP contribution is -1.96. The molecular formula is C16H11Br2NO. The molecule has 0 aliphatic heterocycles. The van der Waals surface area contributed by atoms with Crippen molar-refractivity contribution < 1.29 is 4.74 Å². The molecule has 0 aliphatic rings. The lowest BCUT2D eigenvalue weighted by molar-refractivity contribution is 0.294. The maximum absolute atomic E-state index is 5.74. The minimum atomic E-state index is 0.521. The van der Waals surface area contributed by atoms with E-state index in [2.05, 4.69) is 36.8 Å². The van der Waals surface area contributed by atoms with Crippen LogP contribution in [0.3, 0.4) is 0 Å². The van der Waals surface area contributed by atoms with Gasteiger partial charge < -0.3 is 4.74 Å². The van der Waals surface area contributed by atoms with Crippen LogP contribution in [-0.4, -0.2) is 4.98 Å². The van der Waals surface area contributed by atoms with Crippen LogP contribution in [0.4, 0.5) is 0 Å². The maximum Gasteiger partial charge on any atom is 0.214 e. The number of fused-ring (bicyclic) bond motifs is 1. The first kappa shape index (κ1) is 13.6. The zero-order chi connectivity index (χ0) is 13.9. The number of nitrogens with zero attached hydrogens (tertiary/aromatic N) is 1. The molecule has 0 radical (unpaired) electrons. The van der Waals surface area contributed by atoms with E-state index in [1.807, 2.05) is 54.7 Å². The molecule has 3 aromatic rings. The van der Waals surface area contributed by atoms with Gasteiger partial charge in [-0.2, -0.15) is 0 Å². The summed E-state index contributed by atoms with van der Waals surface area (Å²) in [6.45, 7) is 0.521. The molecule has 2 aromatic carbocycles. The molecule has 1 heterocycles. The fraction of sp³-hybridized carbons (Fsp3) is 0.0625. The largest absolute Gasteiger partial charge is 0.473 e. The lowest BCUT2D eigenvalue weighted by Gasteiger charge is -2.07. The van der Waals surface area contributed by atoms with Crippen LogP contribution in [0.5, 0.6) is 5.88 Å². The summed E-state index contributed by atoms with van der Waals surface area (Å²) in [5.74, 6) is 0.629. The Labute approximate surface area is 134 Å². The summed E-state index contributed by atoms with van der Waals surface area (Å²) < 4.78 is 7.79. The molecule has 2 nitrogen and oxygen atoms in total. The van der Waals surface area contributed by atoms with E-state index in [9.17, 15) is 0 Å². The minimum absolute atomic E-state index is 0.521. The third-order valence-electron chi connectivity index (χ3n) is 2.95. The molecular weight excluding hydrogens is 382 g/mol. The Morgan fingerprint density at radius 3 is 2.60 bits per heavy atom. The standard InChI is InChI=1S/C16H11Br2NO/c17-13-6-12-9-19-16(8-14(12)15(18)7-13)20-10-11-4-2-1-3-5-11/h1-9H,10H2. The van der Waals surface area contributed by atoms with Gasteiger partial charge in [-0.25, -0.2) is 4.98 Å². The second-order valence-corrected chi connectivity index (χ2v) is 6.18. The van der Waals surface area contributed by atoms with Crippen molar-refractivity contribution in [3.8, 4) is 5.88 Å². The highest BCUT2D eigenvalue weighted by molar-refractivity contribution is 9.11. The van der Waals surface area contributed by atoms with E-state index >= 15 is 0 Å². The Morgan fingerprint density at radius 1 is 1.00 bits per heavy atom. The number of aromatic nitrogens is 1. The predicted molar refractivity (Wildman–Crippen MR) is 87.9 cm³/mol. The summed E-state index contributed by atoms with van der Waals surface area (Å²) in [6.07, 6.45) is 1.82. The second-order valence-electron chi connectivity index (χ2n) is 4.41. The average molecular weight is 393 g/mol.